The fourth-order valence-corrected chi connectivity index (χ4v) is 4.72. The Balaban J connectivity index is 1.54. The number of methoxy groups -OCH3 is 1. The minimum atomic E-state index is -0.0227. The van der Waals surface area contributed by atoms with Gasteiger partial charge in [-0.1, -0.05) is 12.1 Å². The molecule has 4 rings (SSSR count). The van der Waals surface area contributed by atoms with Crippen LogP contribution in [0.2, 0.25) is 0 Å². The van der Waals surface area contributed by atoms with Crippen molar-refractivity contribution >= 4 is 17.6 Å². The highest BCUT2D eigenvalue weighted by atomic mass is 16.5. The number of pyridine rings is 1. The molecule has 1 aromatic heterocycles. The maximum atomic E-state index is 13.1. The van der Waals surface area contributed by atoms with Crippen molar-refractivity contribution in [3.63, 3.8) is 0 Å². The molecule has 0 N–H and O–H groups in total. The monoisotopic (exact) mass is 408 g/mol. The summed E-state index contributed by atoms with van der Waals surface area (Å²) in [6, 6.07) is 11.6. The molecule has 30 heavy (non-hydrogen) atoms. The first kappa shape index (κ1) is 20.2. The fourth-order valence-electron chi connectivity index (χ4n) is 4.72. The molecule has 158 valence electrons. The van der Waals surface area contributed by atoms with Crippen molar-refractivity contribution in [1.29, 1.82) is 0 Å². The number of likely N-dealkylation sites (tertiary alicyclic amines) is 2. The second-order valence-electron chi connectivity index (χ2n) is 8.32. The summed E-state index contributed by atoms with van der Waals surface area (Å²) in [5, 5.41) is 0. The zero-order valence-corrected chi connectivity index (χ0v) is 17.9. The molecule has 0 bridgehead atoms. The summed E-state index contributed by atoms with van der Waals surface area (Å²) >= 11 is 0. The van der Waals surface area contributed by atoms with Crippen LogP contribution in [0.4, 0.5) is 5.82 Å². The summed E-state index contributed by atoms with van der Waals surface area (Å²) in [5.41, 5.74) is 1.69. The van der Waals surface area contributed by atoms with Gasteiger partial charge >= 0.3 is 0 Å². The number of anilines is 1. The molecule has 0 unspecified atom stereocenters. The second-order valence-corrected chi connectivity index (χ2v) is 8.32. The summed E-state index contributed by atoms with van der Waals surface area (Å²) in [6.07, 6.45) is 1.65. The van der Waals surface area contributed by atoms with Crippen LogP contribution in [0, 0.1) is 11.8 Å². The highest BCUT2D eigenvalue weighted by molar-refractivity contribution is 5.94. The van der Waals surface area contributed by atoms with Gasteiger partial charge in [-0.15, -0.1) is 0 Å². The molecule has 7 nitrogen and oxygen atoms in total. The smallest absolute Gasteiger partial charge is 0.255 e. The molecule has 2 fully saturated rings. The largest absolute Gasteiger partial charge is 0.497 e. The Morgan fingerprint density at radius 1 is 1.07 bits per heavy atom. The average Bonchev–Trinajstić information content (AvgIpc) is 3.31. The number of amides is 2. The van der Waals surface area contributed by atoms with E-state index in [2.05, 4.69) is 4.98 Å². The number of hydrogen-bond acceptors (Lipinski definition) is 5. The van der Waals surface area contributed by atoms with E-state index in [1.165, 1.54) is 0 Å². The van der Waals surface area contributed by atoms with E-state index in [1.807, 2.05) is 65.2 Å². The first-order chi connectivity index (χ1) is 14.4. The van der Waals surface area contributed by atoms with Crippen LogP contribution in [0.25, 0.3) is 0 Å². The Morgan fingerprint density at radius 2 is 1.80 bits per heavy atom. The van der Waals surface area contributed by atoms with Gasteiger partial charge in [-0.25, -0.2) is 4.98 Å². The predicted octanol–water partition coefficient (Wildman–Crippen LogP) is 2.45. The normalized spacial score (nSPS) is 22.7. The molecule has 0 radical (unpaired) electrons. The lowest BCUT2D eigenvalue weighted by molar-refractivity contribution is -0.130. The summed E-state index contributed by atoms with van der Waals surface area (Å²) in [6.45, 7) is 3.60. The van der Waals surface area contributed by atoms with Crippen LogP contribution >= 0.6 is 0 Å². The van der Waals surface area contributed by atoms with Gasteiger partial charge < -0.3 is 19.4 Å². The van der Waals surface area contributed by atoms with Gasteiger partial charge in [-0.05, 0) is 29.8 Å². The van der Waals surface area contributed by atoms with Crippen LogP contribution in [-0.2, 0) is 4.79 Å². The van der Waals surface area contributed by atoms with E-state index < -0.39 is 0 Å². The molecule has 0 saturated carbocycles. The highest BCUT2D eigenvalue weighted by Crippen LogP contribution is 2.45. The zero-order valence-electron chi connectivity index (χ0n) is 17.9. The zero-order chi connectivity index (χ0) is 21.4. The Bertz CT molecular complexity index is 926. The molecule has 2 amide bonds. The van der Waals surface area contributed by atoms with Crippen LogP contribution in [0.5, 0.6) is 5.75 Å². The van der Waals surface area contributed by atoms with Crippen molar-refractivity contribution in [3.8, 4) is 5.75 Å². The van der Waals surface area contributed by atoms with Gasteiger partial charge in [0.1, 0.15) is 11.6 Å². The number of nitrogens with zero attached hydrogens (tertiary/aromatic N) is 4. The minimum Gasteiger partial charge on any atom is -0.497 e. The number of benzene rings is 1. The second kappa shape index (κ2) is 7.97. The topological polar surface area (TPSA) is 66.0 Å². The molecule has 3 heterocycles. The van der Waals surface area contributed by atoms with Crippen LogP contribution < -0.4 is 9.64 Å². The van der Waals surface area contributed by atoms with Crippen molar-refractivity contribution in [2.24, 2.45) is 11.8 Å². The molecule has 2 aromatic rings. The Labute approximate surface area is 177 Å². The minimum absolute atomic E-state index is 0.00469. The number of ether oxygens (including phenoxy) is 1. The van der Waals surface area contributed by atoms with Gasteiger partial charge in [-0.3, -0.25) is 9.59 Å². The highest BCUT2D eigenvalue weighted by Gasteiger charge is 2.49. The number of rotatable bonds is 4. The molecule has 2 aliphatic heterocycles. The molecule has 2 aliphatic rings. The molecule has 0 aliphatic carbocycles. The third kappa shape index (κ3) is 3.60. The summed E-state index contributed by atoms with van der Waals surface area (Å²) in [5.74, 6) is 2.19. The van der Waals surface area contributed by atoms with Crippen molar-refractivity contribution in [2.45, 2.75) is 13.0 Å². The lowest BCUT2D eigenvalue weighted by Crippen LogP contribution is -2.36. The van der Waals surface area contributed by atoms with Gasteiger partial charge in [0.05, 0.1) is 18.7 Å². The lowest BCUT2D eigenvalue weighted by atomic mass is 9.89. The number of carbonyl (C=O) groups excluding carboxylic acids is 2. The molecule has 0 spiro atoms. The van der Waals surface area contributed by atoms with Gasteiger partial charge in [-0.2, -0.15) is 0 Å². The standard InChI is InChI=1S/C23H28N4O3/c1-15(28)27-13-18-12-26(23(29)17-7-10-21(24-11-17)25(2)3)14-20(18)22(27)16-5-8-19(30-4)9-6-16/h5-11,18,20,22H,12-14H2,1-4H3/t18-,20-,22+/m1/s1. The number of hydrogen-bond donors (Lipinski definition) is 0. The van der Waals surface area contributed by atoms with Crippen LogP contribution in [0.1, 0.15) is 28.9 Å². The molecule has 7 heteroatoms. The van der Waals surface area contributed by atoms with Gasteiger partial charge in [0, 0.05) is 58.7 Å². The molecule has 2 saturated heterocycles. The number of fused-ring (bicyclic) bond motifs is 1. The lowest BCUT2D eigenvalue weighted by Gasteiger charge is -2.29. The van der Waals surface area contributed by atoms with Crippen LogP contribution in [-0.4, -0.2) is 67.4 Å². The van der Waals surface area contributed by atoms with E-state index in [0.29, 0.717) is 25.2 Å². The molecular weight excluding hydrogens is 380 g/mol. The van der Waals surface area contributed by atoms with E-state index in [1.54, 1.807) is 20.2 Å². The Kier molecular flexibility index (Phi) is 5.37. The summed E-state index contributed by atoms with van der Waals surface area (Å²) in [4.78, 5) is 35.5. The maximum Gasteiger partial charge on any atom is 0.255 e. The molecule has 3 atom stereocenters. The van der Waals surface area contributed by atoms with Crippen molar-refractivity contribution in [2.75, 3.05) is 45.7 Å². The Morgan fingerprint density at radius 3 is 2.37 bits per heavy atom. The quantitative estimate of drug-likeness (QED) is 0.778. The predicted molar refractivity (Wildman–Crippen MR) is 115 cm³/mol. The van der Waals surface area contributed by atoms with E-state index in [4.69, 9.17) is 4.74 Å². The van der Waals surface area contributed by atoms with Gasteiger partial charge in [0.15, 0.2) is 0 Å². The third-order valence-electron chi connectivity index (χ3n) is 6.27. The van der Waals surface area contributed by atoms with Gasteiger partial charge in [0.25, 0.3) is 5.91 Å². The van der Waals surface area contributed by atoms with Crippen LogP contribution in [0.15, 0.2) is 42.6 Å². The fraction of sp³-hybridized carbons (Fsp3) is 0.435. The van der Waals surface area contributed by atoms with E-state index in [9.17, 15) is 9.59 Å². The average molecular weight is 409 g/mol. The van der Waals surface area contributed by atoms with Crippen molar-refractivity contribution < 1.29 is 14.3 Å². The van der Waals surface area contributed by atoms with Crippen molar-refractivity contribution in [1.82, 2.24) is 14.8 Å². The molecule has 1 aromatic carbocycles. The SMILES string of the molecule is COc1ccc([C@H]2[C@@H]3CN(C(=O)c4ccc(N(C)C)nc4)C[C@@H]3CN2C(C)=O)cc1. The van der Waals surface area contributed by atoms with E-state index >= 15 is 0 Å². The summed E-state index contributed by atoms with van der Waals surface area (Å²) in [7, 11) is 5.49. The Hall–Kier alpha value is -3.09. The first-order valence-electron chi connectivity index (χ1n) is 10.2. The van der Waals surface area contributed by atoms with Crippen molar-refractivity contribution in [3.05, 3.63) is 53.7 Å². The summed E-state index contributed by atoms with van der Waals surface area (Å²) < 4.78 is 5.27. The van der Waals surface area contributed by atoms with Crippen LogP contribution in [0.3, 0.4) is 0 Å². The number of aromatic nitrogens is 1. The van der Waals surface area contributed by atoms with E-state index in [0.717, 1.165) is 17.1 Å². The molecular formula is C23H28N4O3. The third-order valence-corrected chi connectivity index (χ3v) is 6.27. The van der Waals surface area contributed by atoms with Gasteiger partial charge in [0.2, 0.25) is 5.91 Å². The first-order valence-corrected chi connectivity index (χ1v) is 10.2. The number of carbonyl (C=O) groups is 2. The maximum absolute atomic E-state index is 13.1. The van der Waals surface area contributed by atoms with E-state index in [-0.39, 0.29) is 29.7 Å².